The maximum Gasteiger partial charge on any atom is 0.355 e. The predicted octanol–water partition coefficient (Wildman–Crippen LogP) is 0.526. The molecule has 1 aromatic carbocycles. The third-order valence-electron chi connectivity index (χ3n) is 5.53. The molecule has 1 saturated heterocycles. The molecule has 0 amide bonds. The van der Waals surface area contributed by atoms with Crippen LogP contribution in [0, 0.1) is 11.7 Å². The number of benzene rings is 1. The van der Waals surface area contributed by atoms with Gasteiger partial charge in [-0.15, -0.1) is 0 Å². The number of esters is 1. The number of aromatic amines is 1. The summed E-state index contributed by atoms with van der Waals surface area (Å²) in [4.78, 5) is 17.8. The van der Waals surface area contributed by atoms with Gasteiger partial charge in [-0.3, -0.25) is 0 Å². The number of likely N-dealkylation sites (tertiary alicyclic amines) is 1. The summed E-state index contributed by atoms with van der Waals surface area (Å²) in [6, 6.07) is 4.19. The second-order valence-corrected chi connectivity index (χ2v) is 7.84. The van der Waals surface area contributed by atoms with Gasteiger partial charge in [-0.05, 0) is 50.0 Å². The van der Waals surface area contributed by atoms with Crippen molar-refractivity contribution in [1.29, 1.82) is 0 Å². The molecule has 0 radical (unpaired) electrons. The Kier molecular flexibility index (Phi) is 7.85. The molecule has 1 aliphatic heterocycles. The third-order valence-corrected chi connectivity index (χ3v) is 5.53. The molecule has 2 aromatic rings. The van der Waals surface area contributed by atoms with Crippen LogP contribution in [0.3, 0.4) is 0 Å². The number of nitrogens with one attached hydrogen (secondary N) is 1. The first-order valence-electron chi connectivity index (χ1n) is 10.5. The Bertz CT molecular complexity index is 922. The van der Waals surface area contributed by atoms with Gasteiger partial charge >= 0.3 is 5.97 Å². The van der Waals surface area contributed by atoms with E-state index < -0.39 is 11.8 Å². The summed E-state index contributed by atoms with van der Waals surface area (Å²) < 4.78 is 19.1. The van der Waals surface area contributed by atoms with E-state index in [0.717, 1.165) is 32.5 Å². The van der Waals surface area contributed by atoms with Gasteiger partial charge in [-0.25, -0.2) is 15.0 Å². The Morgan fingerprint density at radius 3 is 2.71 bits per heavy atom. The van der Waals surface area contributed by atoms with Gasteiger partial charge in [0.1, 0.15) is 18.1 Å². The largest absolute Gasteiger partial charge is 0.460 e. The van der Waals surface area contributed by atoms with Gasteiger partial charge in [0.25, 0.3) is 0 Å². The number of fused-ring (bicyclic) bond motifs is 1. The Hall–Kier alpha value is -2.66. The zero-order valence-corrected chi connectivity index (χ0v) is 17.6. The van der Waals surface area contributed by atoms with Crippen LogP contribution < -0.4 is 23.0 Å². The maximum absolute atomic E-state index is 13.9. The fourth-order valence-corrected chi connectivity index (χ4v) is 4.01. The number of carbonyl (C=O) groups excluding carboxylic acids is 1. The molecule has 9 N–H and O–H groups in total. The summed E-state index contributed by atoms with van der Waals surface area (Å²) >= 11 is 0. The van der Waals surface area contributed by atoms with Crippen molar-refractivity contribution in [1.82, 2.24) is 14.9 Å². The highest BCUT2D eigenvalue weighted by atomic mass is 19.1. The summed E-state index contributed by atoms with van der Waals surface area (Å²) in [6.07, 6.45) is 3.63. The van der Waals surface area contributed by atoms with Gasteiger partial charge in [0.05, 0.1) is 5.70 Å². The molecule has 0 aliphatic carbocycles. The molecule has 0 unspecified atom stereocenters. The molecular weight excluding hydrogens is 401 g/mol. The Labute approximate surface area is 181 Å². The maximum atomic E-state index is 13.9. The Morgan fingerprint density at radius 1 is 1.29 bits per heavy atom. The van der Waals surface area contributed by atoms with Crippen molar-refractivity contribution in [2.75, 3.05) is 45.9 Å². The number of aromatic nitrogens is 1. The van der Waals surface area contributed by atoms with Crippen LogP contribution in [-0.4, -0.2) is 66.7 Å². The average molecular weight is 434 g/mol. The van der Waals surface area contributed by atoms with Gasteiger partial charge < -0.3 is 36.8 Å². The number of hydrazine groups is 1. The molecule has 2 heterocycles. The number of nitrogens with two attached hydrogens (primary N) is 4. The molecule has 1 fully saturated rings. The van der Waals surface area contributed by atoms with Crippen molar-refractivity contribution >= 4 is 22.6 Å². The minimum absolute atomic E-state index is 0.0670. The predicted molar refractivity (Wildman–Crippen MR) is 119 cm³/mol. The lowest BCUT2D eigenvalue weighted by molar-refractivity contribution is 0.0510. The Morgan fingerprint density at radius 2 is 2.03 bits per heavy atom. The van der Waals surface area contributed by atoms with Crippen molar-refractivity contribution in [3.05, 3.63) is 41.5 Å². The van der Waals surface area contributed by atoms with Gasteiger partial charge in [-0.2, -0.15) is 0 Å². The van der Waals surface area contributed by atoms with Crippen LogP contribution in [0.4, 0.5) is 4.39 Å². The van der Waals surface area contributed by atoms with E-state index in [1.165, 1.54) is 17.1 Å². The summed E-state index contributed by atoms with van der Waals surface area (Å²) in [5.41, 5.74) is 18.7. The van der Waals surface area contributed by atoms with E-state index in [9.17, 15) is 9.18 Å². The fraction of sp³-hybridized carbons (Fsp3) is 0.476. The molecule has 1 aromatic heterocycles. The average Bonchev–Trinajstić information content (AvgIpc) is 3.12. The van der Waals surface area contributed by atoms with Crippen molar-refractivity contribution < 1.29 is 13.9 Å². The minimum atomic E-state index is -0.607. The molecule has 0 spiro atoms. The monoisotopic (exact) mass is 433 g/mol. The molecular formula is C21H32FN7O2. The molecule has 0 atom stereocenters. The van der Waals surface area contributed by atoms with E-state index >= 15 is 0 Å². The van der Waals surface area contributed by atoms with E-state index in [1.54, 1.807) is 12.3 Å². The highest BCUT2D eigenvalue weighted by Crippen LogP contribution is 2.28. The van der Waals surface area contributed by atoms with Crippen LogP contribution in [0.25, 0.3) is 16.6 Å². The highest BCUT2D eigenvalue weighted by Gasteiger charge is 2.23. The first-order chi connectivity index (χ1) is 14.9. The normalized spacial score (nSPS) is 16.1. The van der Waals surface area contributed by atoms with Crippen molar-refractivity contribution in [3.8, 4) is 0 Å². The second kappa shape index (κ2) is 10.6. The number of piperidine rings is 1. The summed E-state index contributed by atoms with van der Waals surface area (Å²) in [5, 5.41) is 2.02. The molecule has 10 heteroatoms. The number of carbonyl (C=O) groups is 1. The van der Waals surface area contributed by atoms with Crippen LogP contribution >= 0.6 is 0 Å². The van der Waals surface area contributed by atoms with Gasteiger partial charge in [0.15, 0.2) is 0 Å². The topological polar surface area (TPSA) is 153 Å². The number of hydrogen-bond donors (Lipinski definition) is 5. The number of H-pyrrole nitrogens is 1. The highest BCUT2D eigenvalue weighted by molar-refractivity contribution is 6.04. The van der Waals surface area contributed by atoms with Crippen molar-refractivity contribution in [2.24, 2.45) is 29.0 Å². The van der Waals surface area contributed by atoms with E-state index in [1.807, 2.05) is 0 Å². The molecule has 9 nitrogen and oxygen atoms in total. The minimum Gasteiger partial charge on any atom is -0.460 e. The summed E-state index contributed by atoms with van der Waals surface area (Å²) in [7, 11) is 0. The lowest BCUT2D eigenvalue weighted by atomic mass is 9.96. The zero-order chi connectivity index (χ0) is 22.4. The second-order valence-electron chi connectivity index (χ2n) is 7.84. The number of halogens is 1. The lowest BCUT2D eigenvalue weighted by Crippen LogP contribution is -2.41. The smallest absolute Gasteiger partial charge is 0.355 e. The fourth-order valence-electron chi connectivity index (χ4n) is 4.01. The van der Waals surface area contributed by atoms with Crippen LogP contribution in [0.15, 0.2) is 24.4 Å². The van der Waals surface area contributed by atoms with E-state index in [2.05, 4.69) is 9.88 Å². The Balaban J connectivity index is 1.79. The van der Waals surface area contributed by atoms with Gasteiger partial charge in [0.2, 0.25) is 0 Å². The summed E-state index contributed by atoms with van der Waals surface area (Å²) in [6.45, 7) is 4.45. The molecule has 1 aliphatic rings. The van der Waals surface area contributed by atoms with E-state index in [-0.39, 0.29) is 24.5 Å². The number of nitrogens with zero attached hydrogens (tertiary/aromatic N) is 2. The number of ether oxygens (including phenoxy) is 1. The van der Waals surface area contributed by atoms with Crippen LogP contribution in [0.1, 0.15) is 28.9 Å². The molecule has 170 valence electrons. The molecule has 0 bridgehead atoms. The van der Waals surface area contributed by atoms with Gasteiger partial charge in [-0.1, -0.05) is 0 Å². The van der Waals surface area contributed by atoms with E-state index in [4.69, 9.17) is 27.8 Å². The number of rotatable bonds is 9. The van der Waals surface area contributed by atoms with Gasteiger partial charge in [0, 0.05) is 48.8 Å². The summed E-state index contributed by atoms with van der Waals surface area (Å²) in [5.74, 6) is 5.60. The third kappa shape index (κ3) is 5.73. The van der Waals surface area contributed by atoms with Crippen LogP contribution in [0.5, 0.6) is 0 Å². The quantitative estimate of drug-likeness (QED) is 0.218. The molecule has 0 saturated carbocycles. The zero-order valence-electron chi connectivity index (χ0n) is 17.6. The first kappa shape index (κ1) is 23.0. The molecule has 31 heavy (non-hydrogen) atoms. The first-order valence-corrected chi connectivity index (χ1v) is 10.5. The van der Waals surface area contributed by atoms with Crippen LogP contribution in [0.2, 0.25) is 0 Å². The lowest BCUT2D eigenvalue weighted by Gasteiger charge is -2.33. The van der Waals surface area contributed by atoms with Crippen molar-refractivity contribution in [3.63, 3.8) is 0 Å². The molecule has 3 rings (SSSR count). The standard InChI is InChI=1S/C21H32FN7O2/c22-15-1-2-18-16(11-15)19(20(27-18)21(30)31-10-6-24)17(25)13-29(26)12-14-3-7-28(8-4-14)9-5-23/h1-2,11,13-14,27H,3-10,12,23-26H2/b17-13-. The van der Waals surface area contributed by atoms with Crippen LogP contribution in [-0.2, 0) is 4.74 Å². The SMILES string of the molecule is NCCOC(=O)c1[nH]c2ccc(F)cc2c1/C(N)=C/N(N)CC1CCN(CCN)CC1. The van der Waals surface area contributed by atoms with E-state index in [0.29, 0.717) is 35.5 Å². The number of hydrogen-bond acceptors (Lipinski definition) is 8. The van der Waals surface area contributed by atoms with Crippen molar-refractivity contribution in [2.45, 2.75) is 12.8 Å².